The van der Waals surface area contributed by atoms with Crippen molar-refractivity contribution in [2.24, 2.45) is 0 Å². The Morgan fingerprint density at radius 1 is 1.10 bits per heavy atom. The summed E-state index contributed by atoms with van der Waals surface area (Å²) in [5.41, 5.74) is 4.43. The number of hydrogen-bond donors (Lipinski definition) is 1. The van der Waals surface area contributed by atoms with Gasteiger partial charge in [-0.1, -0.05) is 6.07 Å². The van der Waals surface area contributed by atoms with Crippen LogP contribution < -0.4 is 5.32 Å². The number of aromatic nitrogens is 1. The van der Waals surface area contributed by atoms with Gasteiger partial charge in [-0.15, -0.1) is 0 Å². The van der Waals surface area contributed by atoms with Gasteiger partial charge in [0.05, 0.1) is 18.1 Å². The molecule has 3 aromatic rings. The van der Waals surface area contributed by atoms with E-state index in [1.54, 1.807) is 24.3 Å². The zero-order valence-electron chi connectivity index (χ0n) is 18.0. The third-order valence-electron chi connectivity index (χ3n) is 5.92. The van der Waals surface area contributed by atoms with Crippen LogP contribution in [0.5, 0.6) is 0 Å². The number of morpholine rings is 1. The van der Waals surface area contributed by atoms with Crippen molar-refractivity contribution in [2.75, 3.05) is 31.6 Å². The quantitative estimate of drug-likeness (QED) is 0.657. The molecule has 2 aromatic carbocycles. The summed E-state index contributed by atoms with van der Waals surface area (Å²) >= 11 is 0. The summed E-state index contributed by atoms with van der Waals surface area (Å²) in [6.07, 6.45) is 0. The predicted molar refractivity (Wildman–Crippen MR) is 121 cm³/mol. The first-order valence-electron chi connectivity index (χ1n) is 10.4. The number of carbonyl (C=O) groups excluding carboxylic acids is 1. The van der Waals surface area contributed by atoms with E-state index >= 15 is 0 Å². The number of hydrogen-bond acceptors (Lipinski definition) is 4. The van der Waals surface area contributed by atoms with Crippen molar-refractivity contribution in [1.29, 1.82) is 0 Å². The van der Waals surface area contributed by atoms with Crippen LogP contribution in [0.1, 0.15) is 28.5 Å². The van der Waals surface area contributed by atoms with Crippen molar-refractivity contribution in [3.63, 3.8) is 0 Å². The van der Waals surface area contributed by atoms with E-state index in [0.29, 0.717) is 37.6 Å². The monoisotopic (exact) mass is 441 g/mol. The van der Waals surface area contributed by atoms with Gasteiger partial charge in [-0.2, -0.15) is 4.31 Å². The highest BCUT2D eigenvalue weighted by Crippen LogP contribution is 2.27. The summed E-state index contributed by atoms with van der Waals surface area (Å²) in [6, 6.07) is 12.0. The number of ether oxygens (including phenoxy) is 1. The van der Waals surface area contributed by atoms with E-state index in [4.69, 9.17) is 4.74 Å². The van der Waals surface area contributed by atoms with E-state index < -0.39 is 10.0 Å². The Morgan fingerprint density at radius 2 is 1.84 bits per heavy atom. The molecule has 0 bridgehead atoms. The molecule has 0 saturated carbocycles. The van der Waals surface area contributed by atoms with E-state index in [1.165, 1.54) is 16.1 Å². The number of amides is 1. The number of aryl methyl sites for hydroxylation is 2. The molecule has 8 heteroatoms. The molecule has 1 aromatic heterocycles. The summed E-state index contributed by atoms with van der Waals surface area (Å²) in [5.74, 6) is -0.274. The molecular formula is C23H27N3O4S. The van der Waals surface area contributed by atoms with E-state index in [9.17, 15) is 13.2 Å². The van der Waals surface area contributed by atoms with Gasteiger partial charge >= 0.3 is 0 Å². The van der Waals surface area contributed by atoms with Gasteiger partial charge in [0.25, 0.3) is 5.91 Å². The standard InChI is InChI=1S/C23H27N3O4S/c1-4-26-17(3)16(2)21-14-18(8-9-22(21)26)23(27)24-19-6-5-7-20(15-19)31(28,29)25-10-12-30-13-11-25/h5-9,14-15H,4,10-13H2,1-3H3,(H,24,27). The minimum atomic E-state index is -3.63. The molecule has 1 aliphatic heterocycles. The lowest BCUT2D eigenvalue weighted by molar-refractivity contribution is 0.0730. The number of anilines is 1. The van der Waals surface area contributed by atoms with Crippen LogP contribution in [-0.4, -0.2) is 49.5 Å². The van der Waals surface area contributed by atoms with Gasteiger partial charge in [-0.05, 0) is 62.7 Å². The van der Waals surface area contributed by atoms with Crippen molar-refractivity contribution < 1.29 is 17.9 Å². The van der Waals surface area contributed by atoms with Gasteiger partial charge in [-0.25, -0.2) is 8.42 Å². The minimum Gasteiger partial charge on any atom is -0.379 e. The van der Waals surface area contributed by atoms with E-state index in [2.05, 4.69) is 30.7 Å². The van der Waals surface area contributed by atoms with Crippen LogP contribution in [0.25, 0.3) is 10.9 Å². The Balaban J connectivity index is 1.59. The Morgan fingerprint density at radius 3 is 2.55 bits per heavy atom. The minimum absolute atomic E-state index is 0.161. The molecule has 7 nitrogen and oxygen atoms in total. The second kappa shape index (κ2) is 8.45. The van der Waals surface area contributed by atoms with E-state index in [-0.39, 0.29) is 10.8 Å². The molecule has 1 amide bonds. The van der Waals surface area contributed by atoms with Crippen LogP contribution in [0.2, 0.25) is 0 Å². The first kappa shape index (κ1) is 21.5. The molecule has 31 heavy (non-hydrogen) atoms. The van der Waals surface area contributed by atoms with Crippen molar-refractivity contribution in [3.8, 4) is 0 Å². The highest BCUT2D eigenvalue weighted by atomic mass is 32.2. The van der Waals surface area contributed by atoms with Gasteiger partial charge in [0.1, 0.15) is 0 Å². The molecule has 0 atom stereocenters. The van der Waals surface area contributed by atoms with Gasteiger partial charge < -0.3 is 14.6 Å². The number of benzene rings is 2. The van der Waals surface area contributed by atoms with Crippen molar-refractivity contribution in [3.05, 3.63) is 59.3 Å². The third-order valence-corrected chi connectivity index (χ3v) is 7.81. The van der Waals surface area contributed by atoms with E-state index in [0.717, 1.165) is 23.0 Å². The summed E-state index contributed by atoms with van der Waals surface area (Å²) in [4.78, 5) is 13.1. The van der Waals surface area contributed by atoms with Gasteiger partial charge in [0.2, 0.25) is 10.0 Å². The lowest BCUT2D eigenvalue weighted by Crippen LogP contribution is -2.40. The normalized spacial score (nSPS) is 15.3. The van der Waals surface area contributed by atoms with Crippen LogP contribution in [0.15, 0.2) is 47.4 Å². The zero-order chi connectivity index (χ0) is 22.2. The maximum absolute atomic E-state index is 12.9. The summed E-state index contributed by atoms with van der Waals surface area (Å²) in [7, 11) is -3.63. The molecule has 0 aliphatic carbocycles. The summed E-state index contributed by atoms with van der Waals surface area (Å²) < 4.78 is 34.7. The fourth-order valence-electron chi connectivity index (χ4n) is 4.07. The topological polar surface area (TPSA) is 80.6 Å². The molecule has 1 saturated heterocycles. The highest BCUT2D eigenvalue weighted by Gasteiger charge is 2.26. The van der Waals surface area contributed by atoms with E-state index in [1.807, 2.05) is 12.1 Å². The van der Waals surface area contributed by atoms with Crippen molar-refractivity contribution in [2.45, 2.75) is 32.2 Å². The molecule has 164 valence electrons. The Bertz CT molecular complexity index is 1240. The Kier molecular flexibility index (Phi) is 5.88. The molecule has 4 rings (SSSR count). The average Bonchev–Trinajstić information content (AvgIpc) is 3.03. The lowest BCUT2D eigenvalue weighted by atomic mass is 10.1. The largest absolute Gasteiger partial charge is 0.379 e. The molecule has 2 heterocycles. The van der Waals surface area contributed by atoms with Gasteiger partial charge in [0, 0.05) is 47.5 Å². The molecule has 0 unspecified atom stereocenters. The lowest BCUT2D eigenvalue weighted by Gasteiger charge is -2.26. The maximum atomic E-state index is 12.9. The maximum Gasteiger partial charge on any atom is 0.255 e. The van der Waals surface area contributed by atoms with Crippen molar-refractivity contribution in [1.82, 2.24) is 8.87 Å². The Labute approximate surface area is 182 Å². The molecular weight excluding hydrogens is 414 g/mol. The molecule has 1 N–H and O–H groups in total. The number of sulfonamides is 1. The average molecular weight is 442 g/mol. The van der Waals surface area contributed by atoms with Crippen molar-refractivity contribution >= 4 is 32.5 Å². The number of nitrogens with one attached hydrogen (secondary N) is 1. The highest BCUT2D eigenvalue weighted by molar-refractivity contribution is 7.89. The van der Waals surface area contributed by atoms with Crippen LogP contribution in [-0.2, 0) is 21.3 Å². The molecule has 0 radical (unpaired) electrons. The fraction of sp³-hybridized carbons (Fsp3) is 0.348. The number of nitrogens with zero attached hydrogens (tertiary/aromatic N) is 2. The number of fused-ring (bicyclic) bond motifs is 1. The first-order valence-corrected chi connectivity index (χ1v) is 11.9. The fourth-order valence-corrected chi connectivity index (χ4v) is 5.53. The molecule has 0 spiro atoms. The summed E-state index contributed by atoms with van der Waals surface area (Å²) in [6.45, 7) is 8.54. The second-order valence-electron chi connectivity index (χ2n) is 7.69. The molecule has 1 fully saturated rings. The Hall–Kier alpha value is -2.68. The number of rotatable bonds is 5. The number of carbonyl (C=O) groups is 1. The molecule has 1 aliphatic rings. The third kappa shape index (κ3) is 3.98. The smallest absolute Gasteiger partial charge is 0.255 e. The first-order chi connectivity index (χ1) is 14.8. The second-order valence-corrected chi connectivity index (χ2v) is 9.62. The van der Waals surface area contributed by atoms with Gasteiger partial charge in [0.15, 0.2) is 0 Å². The zero-order valence-corrected chi connectivity index (χ0v) is 18.8. The van der Waals surface area contributed by atoms with Gasteiger partial charge in [-0.3, -0.25) is 4.79 Å². The van der Waals surface area contributed by atoms with Crippen LogP contribution >= 0.6 is 0 Å². The summed E-state index contributed by atoms with van der Waals surface area (Å²) in [5, 5.41) is 3.89. The van der Waals surface area contributed by atoms with Crippen LogP contribution in [0.4, 0.5) is 5.69 Å². The SMILES string of the molecule is CCn1c(C)c(C)c2cc(C(=O)Nc3cccc(S(=O)(=O)N4CCOCC4)c3)ccc21. The van der Waals surface area contributed by atoms with Crippen LogP contribution in [0.3, 0.4) is 0 Å². The predicted octanol–water partition coefficient (Wildman–Crippen LogP) is 3.55. The van der Waals surface area contributed by atoms with Crippen LogP contribution in [0, 0.1) is 13.8 Å².